The lowest BCUT2D eigenvalue weighted by Gasteiger charge is -2.08. The Morgan fingerprint density at radius 2 is 1.94 bits per heavy atom. The number of ether oxygens (including phenoxy) is 1. The Balaban J connectivity index is 1.42. The van der Waals surface area contributed by atoms with Gasteiger partial charge in [-0.3, -0.25) is 9.59 Å². The summed E-state index contributed by atoms with van der Waals surface area (Å²) >= 11 is 17.6. The molecule has 16 heteroatoms. The first kappa shape index (κ1) is 25.2. The minimum Gasteiger partial charge on any atom is -0.484 e. The van der Waals surface area contributed by atoms with Crippen LogP contribution in [0.3, 0.4) is 0 Å². The predicted octanol–water partition coefficient (Wildman–Crippen LogP) is 2.42. The van der Waals surface area contributed by atoms with Crippen molar-refractivity contribution >= 4 is 52.4 Å². The van der Waals surface area contributed by atoms with Crippen LogP contribution in [0.5, 0.6) is 5.75 Å². The highest BCUT2D eigenvalue weighted by atomic mass is 35.5. The summed E-state index contributed by atoms with van der Waals surface area (Å²) in [4.78, 5) is 38.1. The monoisotopic (exact) mass is 531 g/mol. The van der Waals surface area contributed by atoms with Gasteiger partial charge in [0.15, 0.2) is 17.5 Å². The molecular formula is C18H16Cl3N7O6. The fourth-order valence-electron chi connectivity index (χ4n) is 2.54. The van der Waals surface area contributed by atoms with Crippen molar-refractivity contribution in [2.24, 2.45) is 0 Å². The molecule has 0 spiro atoms. The normalized spacial score (nSPS) is 10.7. The zero-order valence-electron chi connectivity index (χ0n) is 17.4. The van der Waals surface area contributed by atoms with Gasteiger partial charge in [0.05, 0.1) is 20.8 Å². The summed E-state index contributed by atoms with van der Waals surface area (Å²) in [6.07, 6.45) is 0. The van der Waals surface area contributed by atoms with Gasteiger partial charge >= 0.3 is 17.6 Å². The molecule has 2 amide bonds. The van der Waals surface area contributed by atoms with Crippen LogP contribution in [0.4, 0.5) is 5.82 Å². The van der Waals surface area contributed by atoms with E-state index in [-0.39, 0.29) is 43.0 Å². The van der Waals surface area contributed by atoms with Gasteiger partial charge < -0.3 is 30.0 Å². The molecule has 0 unspecified atom stereocenters. The van der Waals surface area contributed by atoms with Crippen LogP contribution in [0, 0.1) is 17.0 Å². The number of amides is 2. The number of nitro groups is 1. The van der Waals surface area contributed by atoms with Gasteiger partial charge in [0, 0.05) is 19.2 Å². The van der Waals surface area contributed by atoms with E-state index >= 15 is 0 Å². The second-order valence-electron chi connectivity index (χ2n) is 6.62. The lowest BCUT2D eigenvalue weighted by Crippen LogP contribution is -2.36. The van der Waals surface area contributed by atoms with E-state index in [0.29, 0.717) is 21.5 Å². The van der Waals surface area contributed by atoms with Crippen molar-refractivity contribution in [3.63, 3.8) is 0 Å². The van der Waals surface area contributed by atoms with Gasteiger partial charge in [0.1, 0.15) is 12.3 Å². The van der Waals surface area contributed by atoms with Crippen LogP contribution < -0.4 is 15.4 Å². The second-order valence-corrected chi connectivity index (χ2v) is 7.82. The van der Waals surface area contributed by atoms with Crippen molar-refractivity contribution in [2.75, 3.05) is 19.7 Å². The molecule has 0 saturated heterocycles. The van der Waals surface area contributed by atoms with E-state index in [1.165, 1.54) is 10.7 Å². The summed E-state index contributed by atoms with van der Waals surface area (Å²) in [5.74, 6) is -1.45. The van der Waals surface area contributed by atoms with Crippen LogP contribution >= 0.6 is 34.8 Å². The average molecular weight is 533 g/mol. The average Bonchev–Trinajstić information content (AvgIpc) is 3.38. The first-order chi connectivity index (χ1) is 16.2. The van der Waals surface area contributed by atoms with Crippen molar-refractivity contribution in [3.05, 3.63) is 60.8 Å². The highest BCUT2D eigenvalue weighted by Gasteiger charge is 2.25. The number of nitrogens with one attached hydrogen (secondary N) is 2. The third-order valence-corrected chi connectivity index (χ3v) is 5.42. The Labute approximate surface area is 206 Å². The molecule has 0 aliphatic heterocycles. The molecule has 13 nitrogen and oxygen atoms in total. The smallest absolute Gasteiger partial charge is 0.408 e. The molecule has 180 valence electrons. The number of carbonyl (C=O) groups excluding carboxylic acids is 2. The highest BCUT2D eigenvalue weighted by Crippen LogP contribution is 2.27. The molecule has 0 aliphatic rings. The maximum absolute atomic E-state index is 12.1. The highest BCUT2D eigenvalue weighted by molar-refractivity contribution is 6.42. The molecule has 1 aromatic carbocycles. The number of halogens is 3. The van der Waals surface area contributed by atoms with Crippen LogP contribution in [-0.2, 0) is 11.3 Å². The first-order valence-corrected chi connectivity index (χ1v) is 10.6. The van der Waals surface area contributed by atoms with Crippen molar-refractivity contribution < 1.29 is 23.8 Å². The standard InChI is InChI=1S/C18H16Cl3N7O6/c1-9-15(21)16(28(31)32)25-27(9)7-13-24-18(34-26-13)17(30)23-5-4-22-14(29)8-33-10-2-3-11(19)12(20)6-10/h2-3,6H,4-5,7-8H2,1H3,(H,22,29)(H,23,30). The molecule has 2 aromatic heterocycles. The fraction of sp³-hybridized carbons (Fsp3) is 0.278. The summed E-state index contributed by atoms with van der Waals surface area (Å²) in [5.41, 5.74) is 0.336. The predicted molar refractivity (Wildman–Crippen MR) is 119 cm³/mol. The number of hydrogen-bond acceptors (Lipinski definition) is 9. The Morgan fingerprint density at radius 3 is 2.62 bits per heavy atom. The molecule has 0 bridgehead atoms. The van der Waals surface area contributed by atoms with E-state index in [4.69, 9.17) is 44.1 Å². The number of nitrogens with zero attached hydrogens (tertiary/aromatic N) is 5. The number of hydrogen-bond donors (Lipinski definition) is 2. The lowest BCUT2D eigenvalue weighted by atomic mass is 10.3. The van der Waals surface area contributed by atoms with Crippen LogP contribution in [0.25, 0.3) is 0 Å². The Morgan fingerprint density at radius 1 is 1.21 bits per heavy atom. The van der Waals surface area contributed by atoms with E-state index in [1.54, 1.807) is 19.1 Å². The summed E-state index contributed by atoms with van der Waals surface area (Å²) in [7, 11) is 0. The van der Waals surface area contributed by atoms with E-state index in [0.717, 1.165) is 0 Å². The third-order valence-electron chi connectivity index (χ3n) is 4.24. The molecule has 0 radical (unpaired) electrons. The molecule has 3 rings (SSSR count). The maximum Gasteiger partial charge on any atom is 0.408 e. The lowest BCUT2D eigenvalue weighted by molar-refractivity contribution is -0.389. The number of carbonyl (C=O) groups is 2. The van der Waals surface area contributed by atoms with E-state index in [1.807, 2.05) is 0 Å². The van der Waals surface area contributed by atoms with Crippen molar-refractivity contribution in [2.45, 2.75) is 13.5 Å². The zero-order chi connectivity index (χ0) is 24.8. The Kier molecular flexibility index (Phi) is 8.26. The molecule has 0 aliphatic carbocycles. The molecule has 0 fully saturated rings. The molecule has 3 aromatic rings. The zero-order valence-corrected chi connectivity index (χ0v) is 19.6. The van der Waals surface area contributed by atoms with E-state index in [9.17, 15) is 19.7 Å². The topological polar surface area (TPSA) is 167 Å². The molecular weight excluding hydrogens is 517 g/mol. The van der Waals surface area contributed by atoms with Gasteiger partial charge in [0.2, 0.25) is 0 Å². The molecule has 2 N–H and O–H groups in total. The fourth-order valence-corrected chi connectivity index (χ4v) is 3.04. The molecule has 2 heterocycles. The molecule has 0 saturated carbocycles. The summed E-state index contributed by atoms with van der Waals surface area (Å²) in [5, 5.41) is 24.0. The summed E-state index contributed by atoms with van der Waals surface area (Å²) < 4.78 is 11.4. The number of aromatic nitrogens is 4. The minimum absolute atomic E-state index is 0.0649. The van der Waals surface area contributed by atoms with Crippen molar-refractivity contribution in [1.82, 2.24) is 30.6 Å². The number of benzene rings is 1. The Bertz CT molecular complexity index is 1230. The van der Waals surface area contributed by atoms with E-state index < -0.39 is 22.6 Å². The van der Waals surface area contributed by atoms with Crippen LogP contribution in [0.1, 0.15) is 22.2 Å². The number of rotatable bonds is 10. The maximum atomic E-state index is 12.1. The SMILES string of the molecule is Cc1c(Cl)c([N+](=O)[O-])nn1Cc1noc(C(=O)NCCNC(=O)COc2ccc(Cl)c(Cl)c2)n1. The molecule has 34 heavy (non-hydrogen) atoms. The van der Waals surface area contributed by atoms with Crippen molar-refractivity contribution in [3.8, 4) is 5.75 Å². The van der Waals surface area contributed by atoms with Gasteiger partial charge in [-0.25, -0.2) is 0 Å². The largest absolute Gasteiger partial charge is 0.484 e. The quantitative estimate of drug-likeness (QED) is 0.226. The van der Waals surface area contributed by atoms with Crippen molar-refractivity contribution in [1.29, 1.82) is 0 Å². The van der Waals surface area contributed by atoms with Gasteiger partial charge in [-0.15, -0.1) is 0 Å². The van der Waals surface area contributed by atoms with Gasteiger partial charge in [-0.1, -0.05) is 40.0 Å². The second kappa shape index (κ2) is 11.1. The summed E-state index contributed by atoms with van der Waals surface area (Å²) in [6.45, 7) is 1.39. The van der Waals surface area contributed by atoms with Crippen LogP contribution in [-0.4, -0.2) is 56.4 Å². The van der Waals surface area contributed by atoms with Gasteiger partial charge in [-0.05, 0) is 24.0 Å². The van der Waals surface area contributed by atoms with Gasteiger partial charge in [-0.2, -0.15) is 9.67 Å². The summed E-state index contributed by atoms with van der Waals surface area (Å²) in [6, 6.07) is 4.61. The van der Waals surface area contributed by atoms with Crippen LogP contribution in [0.15, 0.2) is 22.7 Å². The first-order valence-electron chi connectivity index (χ1n) is 9.48. The third kappa shape index (κ3) is 6.34. The molecule has 0 atom stereocenters. The van der Waals surface area contributed by atoms with Gasteiger partial charge in [0.25, 0.3) is 5.91 Å². The Hall–Kier alpha value is -3.42. The minimum atomic E-state index is -0.709. The van der Waals surface area contributed by atoms with Crippen LogP contribution in [0.2, 0.25) is 15.1 Å². The van der Waals surface area contributed by atoms with E-state index in [2.05, 4.69) is 25.9 Å².